The summed E-state index contributed by atoms with van der Waals surface area (Å²) < 4.78 is 14.7. The molecule has 0 saturated heterocycles. The van der Waals surface area contributed by atoms with Crippen LogP contribution in [0.15, 0.2) is 24.3 Å². The molecule has 0 bridgehead atoms. The van der Waals surface area contributed by atoms with E-state index in [1.807, 2.05) is 4.68 Å². The molecule has 1 aliphatic rings. The first-order valence-corrected chi connectivity index (χ1v) is 6.60. The Balaban J connectivity index is 1.88. The molecule has 0 saturated carbocycles. The van der Waals surface area contributed by atoms with Gasteiger partial charge in [-0.3, -0.25) is 0 Å². The lowest BCUT2D eigenvalue weighted by Gasteiger charge is -2.08. The maximum absolute atomic E-state index is 12.8. The summed E-state index contributed by atoms with van der Waals surface area (Å²) in [6, 6.07) is 6.47. The normalized spacial score (nSPS) is 14.6. The van der Waals surface area contributed by atoms with Crippen LogP contribution in [0.2, 0.25) is 5.15 Å². The lowest BCUT2D eigenvalue weighted by molar-refractivity contribution is 0.622. The molecule has 0 N–H and O–H groups in total. The Hall–Kier alpha value is -1.35. The molecule has 2 aromatic rings. The maximum atomic E-state index is 12.8. The first-order valence-electron chi connectivity index (χ1n) is 6.22. The minimum absolute atomic E-state index is 0.218. The van der Waals surface area contributed by atoms with Gasteiger partial charge in [0, 0.05) is 5.56 Å². The molecule has 0 fully saturated rings. The fraction of sp³-hybridized carbons (Fsp3) is 0.357. The number of aryl methyl sites for hydroxylation is 1. The average molecular weight is 265 g/mol. The lowest BCUT2D eigenvalue weighted by Crippen LogP contribution is -2.02. The van der Waals surface area contributed by atoms with E-state index in [0.29, 0.717) is 6.54 Å². The highest BCUT2D eigenvalue weighted by Gasteiger charge is 2.19. The number of aromatic nitrogens is 2. The second-order valence-corrected chi connectivity index (χ2v) is 5.07. The van der Waals surface area contributed by atoms with Crippen LogP contribution in [0.25, 0.3) is 0 Å². The molecule has 1 aromatic heterocycles. The van der Waals surface area contributed by atoms with E-state index in [9.17, 15) is 4.39 Å². The molecule has 0 aliphatic heterocycles. The van der Waals surface area contributed by atoms with E-state index in [1.54, 1.807) is 12.1 Å². The molecular weight excluding hydrogens is 251 g/mol. The van der Waals surface area contributed by atoms with Crippen molar-refractivity contribution in [1.29, 1.82) is 0 Å². The van der Waals surface area contributed by atoms with Crippen LogP contribution >= 0.6 is 11.6 Å². The molecule has 18 heavy (non-hydrogen) atoms. The molecule has 0 atom stereocenters. The molecule has 0 spiro atoms. The van der Waals surface area contributed by atoms with Crippen LogP contribution < -0.4 is 0 Å². The highest BCUT2D eigenvalue weighted by atomic mass is 35.5. The van der Waals surface area contributed by atoms with Gasteiger partial charge in [0.25, 0.3) is 0 Å². The molecule has 3 rings (SSSR count). The van der Waals surface area contributed by atoms with Gasteiger partial charge in [0.1, 0.15) is 11.0 Å². The summed E-state index contributed by atoms with van der Waals surface area (Å²) in [7, 11) is 0. The van der Waals surface area contributed by atoms with E-state index in [1.165, 1.54) is 30.5 Å². The SMILES string of the molecule is Fc1ccc(Cn2nc3c(c2Cl)CCCC3)cc1. The molecule has 0 amide bonds. The third-order valence-corrected chi connectivity index (χ3v) is 3.82. The van der Waals surface area contributed by atoms with E-state index in [-0.39, 0.29) is 5.82 Å². The molecule has 4 heteroatoms. The number of fused-ring (bicyclic) bond motifs is 1. The molecule has 1 aliphatic carbocycles. The summed E-state index contributed by atoms with van der Waals surface area (Å²) in [5, 5.41) is 5.30. The molecule has 94 valence electrons. The number of rotatable bonds is 2. The average Bonchev–Trinajstić information content (AvgIpc) is 2.70. The van der Waals surface area contributed by atoms with Crippen LogP contribution in [0, 0.1) is 5.82 Å². The molecule has 1 heterocycles. The van der Waals surface area contributed by atoms with Gasteiger partial charge in [0.15, 0.2) is 0 Å². The Morgan fingerprint density at radius 2 is 1.89 bits per heavy atom. The van der Waals surface area contributed by atoms with Gasteiger partial charge in [-0.25, -0.2) is 9.07 Å². The van der Waals surface area contributed by atoms with Crippen LogP contribution in [0.4, 0.5) is 4.39 Å². The Bertz CT molecular complexity index is 560. The predicted octanol–water partition coefficient (Wildman–Crippen LogP) is 3.60. The summed E-state index contributed by atoms with van der Waals surface area (Å²) in [6.45, 7) is 0.603. The van der Waals surface area contributed by atoms with Crippen molar-refractivity contribution in [1.82, 2.24) is 9.78 Å². The number of halogens is 2. The lowest BCUT2D eigenvalue weighted by atomic mass is 9.99. The first kappa shape index (κ1) is 11.7. The quantitative estimate of drug-likeness (QED) is 0.810. The maximum Gasteiger partial charge on any atom is 0.130 e. The van der Waals surface area contributed by atoms with E-state index in [0.717, 1.165) is 29.3 Å². The summed E-state index contributed by atoms with van der Waals surface area (Å²) in [6.07, 6.45) is 4.43. The van der Waals surface area contributed by atoms with E-state index >= 15 is 0 Å². The van der Waals surface area contributed by atoms with Gasteiger partial charge in [-0.1, -0.05) is 23.7 Å². The van der Waals surface area contributed by atoms with Crippen LogP contribution in [0.1, 0.15) is 29.7 Å². The zero-order valence-electron chi connectivity index (χ0n) is 10.00. The zero-order valence-corrected chi connectivity index (χ0v) is 10.8. The first-order chi connectivity index (χ1) is 8.74. The number of nitrogens with zero attached hydrogens (tertiary/aromatic N) is 2. The Morgan fingerprint density at radius 3 is 2.61 bits per heavy atom. The van der Waals surface area contributed by atoms with Crippen molar-refractivity contribution in [3.63, 3.8) is 0 Å². The van der Waals surface area contributed by atoms with Crippen LogP contribution in [-0.2, 0) is 19.4 Å². The zero-order chi connectivity index (χ0) is 12.5. The molecule has 1 aromatic carbocycles. The second kappa shape index (κ2) is 4.73. The molecule has 0 unspecified atom stereocenters. The molecular formula is C14H14ClFN2. The van der Waals surface area contributed by atoms with Crippen molar-refractivity contribution in [3.8, 4) is 0 Å². The third-order valence-electron chi connectivity index (χ3n) is 3.40. The van der Waals surface area contributed by atoms with Gasteiger partial charge in [-0.15, -0.1) is 0 Å². The minimum atomic E-state index is -0.218. The van der Waals surface area contributed by atoms with E-state index in [4.69, 9.17) is 11.6 Å². The summed E-state index contributed by atoms with van der Waals surface area (Å²) in [5.41, 5.74) is 3.34. The van der Waals surface area contributed by atoms with Crippen molar-refractivity contribution in [2.24, 2.45) is 0 Å². The fourth-order valence-electron chi connectivity index (χ4n) is 2.43. The molecule has 2 nitrogen and oxygen atoms in total. The van der Waals surface area contributed by atoms with Crippen LogP contribution in [0.5, 0.6) is 0 Å². The Morgan fingerprint density at radius 1 is 1.17 bits per heavy atom. The monoisotopic (exact) mass is 264 g/mol. The standard InChI is InChI=1S/C14H14ClFN2/c15-14-12-3-1-2-4-13(12)17-18(14)9-10-5-7-11(16)8-6-10/h5-8H,1-4,9H2. The Kier molecular flexibility index (Phi) is 3.08. The van der Waals surface area contributed by atoms with Gasteiger partial charge in [0.2, 0.25) is 0 Å². The highest BCUT2D eigenvalue weighted by molar-refractivity contribution is 6.30. The summed E-state index contributed by atoms with van der Waals surface area (Å²) in [4.78, 5) is 0. The smallest absolute Gasteiger partial charge is 0.130 e. The van der Waals surface area contributed by atoms with Crippen molar-refractivity contribution in [3.05, 3.63) is 52.1 Å². The van der Waals surface area contributed by atoms with Crippen molar-refractivity contribution < 1.29 is 4.39 Å². The van der Waals surface area contributed by atoms with Gasteiger partial charge in [-0.2, -0.15) is 5.10 Å². The van der Waals surface area contributed by atoms with Crippen LogP contribution in [0.3, 0.4) is 0 Å². The Labute approximate surface area is 110 Å². The topological polar surface area (TPSA) is 17.8 Å². The second-order valence-electron chi connectivity index (χ2n) is 4.71. The summed E-state index contributed by atoms with van der Waals surface area (Å²) in [5.74, 6) is -0.218. The highest BCUT2D eigenvalue weighted by Crippen LogP contribution is 2.27. The van der Waals surface area contributed by atoms with Crippen molar-refractivity contribution in [2.45, 2.75) is 32.2 Å². The fourth-order valence-corrected chi connectivity index (χ4v) is 2.74. The van der Waals surface area contributed by atoms with Gasteiger partial charge >= 0.3 is 0 Å². The number of hydrogen-bond donors (Lipinski definition) is 0. The van der Waals surface area contributed by atoms with Crippen molar-refractivity contribution >= 4 is 11.6 Å². The largest absolute Gasteiger partial charge is 0.249 e. The van der Waals surface area contributed by atoms with E-state index < -0.39 is 0 Å². The number of hydrogen-bond acceptors (Lipinski definition) is 1. The van der Waals surface area contributed by atoms with Gasteiger partial charge < -0.3 is 0 Å². The minimum Gasteiger partial charge on any atom is -0.249 e. The predicted molar refractivity (Wildman–Crippen MR) is 69.4 cm³/mol. The van der Waals surface area contributed by atoms with E-state index in [2.05, 4.69) is 5.10 Å². The van der Waals surface area contributed by atoms with Gasteiger partial charge in [-0.05, 0) is 43.4 Å². The van der Waals surface area contributed by atoms with Crippen molar-refractivity contribution in [2.75, 3.05) is 0 Å². The van der Waals surface area contributed by atoms with Gasteiger partial charge in [0.05, 0.1) is 12.2 Å². The summed E-state index contributed by atoms with van der Waals surface area (Å²) >= 11 is 6.35. The third kappa shape index (κ3) is 2.15. The molecule has 0 radical (unpaired) electrons. The van der Waals surface area contributed by atoms with Crippen LogP contribution in [-0.4, -0.2) is 9.78 Å². The number of benzene rings is 1.